The van der Waals surface area contributed by atoms with Crippen LogP contribution in [0.4, 0.5) is 4.79 Å². The highest BCUT2D eigenvalue weighted by molar-refractivity contribution is 8.16. The largest absolute Gasteiger partial charge is 0.340 e. The first kappa shape index (κ1) is 8.17. The normalized spacial score (nSPS) is 29.8. The Bertz CT molecular complexity index is 247. The molecule has 3 heteroatoms. The third-order valence-corrected chi connectivity index (χ3v) is 3.47. The highest BCUT2D eigenvalue weighted by Crippen LogP contribution is 2.35. The molecule has 1 aliphatic carbocycles. The number of hydrogen-bond acceptors (Lipinski definition) is 2. The number of rotatable bonds is 0. The van der Waals surface area contributed by atoms with Crippen LogP contribution in [0.2, 0.25) is 0 Å². The molecule has 66 valence electrons. The van der Waals surface area contributed by atoms with Crippen molar-refractivity contribution in [2.24, 2.45) is 0 Å². The second-order valence-electron chi connectivity index (χ2n) is 3.41. The number of amides is 1. The molecule has 12 heavy (non-hydrogen) atoms. The molecule has 1 saturated carbocycles. The van der Waals surface area contributed by atoms with Crippen molar-refractivity contribution in [1.82, 2.24) is 5.32 Å². The zero-order valence-electron chi connectivity index (χ0n) is 7.22. The van der Waals surface area contributed by atoms with Crippen LogP contribution in [0.25, 0.3) is 0 Å². The maximum atomic E-state index is 11.1. The third-order valence-electron chi connectivity index (χ3n) is 2.60. The number of nitrogens with one attached hydrogen (secondary N) is 1. The predicted molar refractivity (Wildman–Crippen MR) is 51.1 cm³/mol. The van der Waals surface area contributed by atoms with E-state index in [4.69, 9.17) is 0 Å². The third kappa shape index (κ3) is 1.38. The molecular formula is C9H13NOS. The van der Waals surface area contributed by atoms with E-state index in [1.807, 2.05) is 0 Å². The van der Waals surface area contributed by atoms with Crippen LogP contribution in [0.3, 0.4) is 0 Å². The van der Waals surface area contributed by atoms with E-state index < -0.39 is 0 Å². The SMILES string of the molecule is CC1=C2CCCCC2NC(=O)S1. The first-order valence-electron chi connectivity index (χ1n) is 4.45. The summed E-state index contributed by atoms with van der Waals surface area (Å²) in [6.07, 6.45) is 4.87. The summed E-state index contributed by atoms with van der Waals surface area (Å²) in [6, 6.07) is 0.368. The maximum absolute atomic E-state index is 11.1. The lowest BCUT2D eigenvalue weighted by atomic mass is 9.90. The van der Waals surface area contributed by atoms with Gasteiger partial charge in [-0.2, -0.15) is 0 Å². The van der Waals surface area contributed by atoms with Crippen LogP contribution in [0.1, 0.15) is 32.6 Å². The predicted octanol–water partition coefficient (Wildman–Crippen LogP) is 2.66. The van der Waals surface area contributed by atoms with E-state index in [-0.39, 0.29) is 5.24 Å². The lowest BCUT2D eigenvalue weighted by Crippen LogP contribution is -2.38. The van der Waals surface area contributed by atoms with Gasteiger partial charge in [0.2, 0.25) is 0 Å². The first-order chi connectivity index (χ1) is 5.77. The molecule has 1 N–H and O–H groups in total. The Morgan fingerprint density at radius 3 is 3.17 bits per heavy atom. The molecule has 1 atom stereocenters. The summed E-state index contributed by atoms with van der Waals surface area (Å²) < 4.78 is 0. The fraction of sp³-hybridized carbons (Fsp3) is 0.667. The van der Waals surface area contributed by atoms with Crippen LogP contribution in [0.15, 0.2) is 10.5 Å². The minimum Gasteiger partial charge on any atom is -0.340 e. The summed E-state index contributed by atoms with van der Waals surface area (Å²) in [6.45, 7) is 2.07. The topological polar surface area (TPSA) is 29.1 Å². The molecule has 1 heterocycles. The number of carbonyl (C=O) groups excluding carboxylic acids is 1. The Balaban J connectivity index is 2.25. The minimum atomic E-state index is 0.128. The van der Waals surface area contributed by atoms with Gasteiger partial charge in [0.1, 0.15) is 0 Å². The Hall–Kier alpha value is -0.440. The van der Waals surface area contributed by atoms with Crippen LogP contribution in [-0.2, 0) is 0 Å². The molecule has 0 aromatic carbocycles. The molecular weight excluding hydrogens is 170 g/mol. The smallest absolute Gasteiger partial charge is 0.284 e. The van der Waals surface area contributed by atoms with E-state index in [0.29, 0.717) is 6.04 Å². The average Bonchev–Trinajstić information content (AvgIpc) is 2.04. The molecule has 0 aromatic rings. The van der Waals surface area contributed by atoms with E-state index in [0.717, 1.165) is 6.42 Å². The fourth-order valence-corrected chi connectivity index (χ4v) is 2.82. The van der Waals surface area contributed by atoms with E-state index in [9.17, 15) is 4.79 Å². The molecule has 0 radical (unpaired) electrons. The Kier molecular flexibility index (Phi) is 2.13. The van der Waals surface area contributed by atoms with Crippen LogP contribution in [-0.4, -0.2) is 11.3 Å². The number of fused-ring (bicyclic) bond motifs is 1. The molecule has 2 rings (SSSR count). The van der Waals surface area contributed by atoms with E-state index >= 15 is 0 Å². The molecule has 2 aliphatic rings. The van der Waals surface area contributed by atoms with Crippen molar-refractivity contribution in [3.63, 3.8) is 0 Å². The van der Waals surface area contributed by atoms with Gasteiger partial charge in [-0.3, -0.25) is 4.79 Å². The van der Waals surface area contributed by atoms with Gasteiger partial charge < -0.3 is 5.32 Å². The van der Waals surface area contributed by atoms with Gasteiger partial charge in [0, 0.05) is 0 Å². The van der Waals surface area contributed by atoms with Crippen LogP contribution < -0.4 is 5.32 Å². The molecule has 0 saturated heterocycles. The summed E-state index contributed by atoms with van der Waals surface area (Å²) in [7, 11) is 0. The average molecular weight is 183 g/mol. The van der Waals surface area contributed by atoms with Gasteiger partial charge in [0.05, 0.1) is 6.04 Å². The molecule has 0 aromatic heterocycles. The minimum absolute atomic E-state index is 0.128. The lowest BCUT2D eigenvalue weighted by Gasteiger charge is -2.31. The standard InChI is InChI=1S/C9H13NOS/c1-6-7-4-2-3-5-8(7)10-9(11)12-6/h8H,2-5H2,1H3,(H,10,11). The summed E-state index contributed by atoms with van der Waals surface area (Å²) >= 11 is 1.36. The number of allylic oxidation sites excluding steroid dienone is 1. The molecule has 0 spiro atoms. The number of thioether (sulfide) groups is 1. The highest BCUT2D eigenvalue weighted by atomic mass is 32.2. The van der Waals surface area contributed by atoms with Crippen molar-refractivity contribution < 1.29 is 4.79 Å². The van der Waals surface area contributed by atoms with Crippen molar-refractivity contribution in [3.05, 3.63) is 10.5 Å². The zero-order valence-corrected chi connectivity index (χ0v) is 8.04. The summed E-state index contributed by atoms with van der Waals surface area (Å²) in [5, 5.41) is 3.14. The quantitative estimate of drug-likeness (QED) is 0.625. The van der Waals surface area contributed by atoms with Gasteiger partial charge in [-0.1, -0.05) is 6.42 Å². The second kappa shape index (κ2) is 3.13. The summed E-state index contributed by atoms with van der Waals surface area (Å²) in [5.74, 6) is 0. The fourth-order valence-electron chi connectivity index (χ4n) is 1.97. The lowest BCUT2D eigenvalue weighted by molar-refractivity contribution is 0.256. The van der Waals surface area contributed by atoms with Gasteiger partial charge in [-0.25, -0.2) is 0 Å². The van der Waals surface area contributed by atoms with Gasteiger partial charge in [0.15, 0.2) is 0 Å². The van der Waals surface area contributed by atoms with Gasteiger partial charge >= 0.3 is 0 Å². The highest BCUT2D eigenvalue weighted by Gasteiger charge is 2.27. The monoisotopic (exact) mass is 183 g/mol. The van der Waals surface area contributed by atoms with Crippen LogP contribution in [0.5, 0.6) is 0 Å². The van der Waals surface area contributed by atoms with Gasteiger partial charge in [-0.15, -0.1) is 0 Å². The van der Waals surface area contributed by atoms with Crippen LogP contribution >= 0.6 is 11.8 Å². The first-order valence-corrected chi connectivity index (χ1v) is 5.27. The van der Waals surface area contributed by atoms with Gasteiger partial charge in [-0.05, 0) is 48.4 Å². The Morgan fingerprint density at radius 2 is 2.33 bits per heavy atom. The Morgan fingerprint density at radius 1 is 1.50 bits per heavy atom. The molecule has 1 amide bonds. The van der Waals surface area contributed by atoms with Crippen molar-refractivity contribution in [2.75, 3.05) is 0 Å². The number of carbonyl (C=O) groups is 1. The maximum Gasteiger partial charge on any atom is 0.284 e. The van der Waals surface area contributed by atoms with E-state index in [1.54, 1.807) is 0 Å². The number of hydrogen-bond donors (Lipinski definition) is 1. The molecule has 2 nitrogen and oxygen atoms in total. The van der Waals surface area contributed by atoms with Crippen molar-refractivity contribution >= 4 is 17.0 Å². The van der Waals surface area contributed by atoms with Gasteiger partial charge in [0.25, 0.3) is 5.24 Å². The van der Waals surface area contributed by atoms with Crippen molar-refractivity contribution in [1.29, 1.82) is 0 Å². The van der Waals surface area contributed by atoms with Crippen molar-refractivity contribution in [2.45, 2.75) is 38.6 Å². The molecule has 1 unspecified atom stereocenters. The van der Waals surface area contributed by atoms with Crippen LogP contribution in [0, 0.1) is 0 Å². The summed E-state index contributed by atoms with van der Waals surface area (Å²) in [4.78, 5) is 12.4. The Labute approximate surface area is 76.8 Å². The summed E-state index contributed by atoms with van der Waals surface area (Å²) in [5.41, 5.74) is 1.48. The van der Waals surface area contributed by atoms with E-state index in [1.165, 1.54) is 41.5 Å². The second-order valence-corrected chi connectivity index (χ2v) is 4.60. The van der Waals surface area contributed by atoms with E-state index in [2.05, 4.69) is 12.2 Å². The molecule has 0 bridgehead atoms. The van der Waals surface area contributed by atoms with Crippen molar-refractivity contribution in [3.8, 4) is 0 Å². The molecule has 1 aliphatic heterocycles. The zero-order chi connectivity index (χ0) is 8.55. The molecule has 1 fully saturated rings.